The molecule has 0 atom stereocenters. The smallest absolute Gasteiger partial charge is 0.335 e. The van der Waals surface area contributed by atoms with Crippen LogP contribution in [0.5, 0.6) is 17.2 Å². The Hall–Kier alpha value is -4.50. The molecule has 0 radical (unpaired) electrons. The molecule has 10 heteroatoms. The summed E-state index contributed by atoms with van der Waals surface area (Å²) in [5.41, 5.74) is 4.34. The van der Waals surface area contributed by atoms with Crippen molar-refractivity contribution in [3.05, 3.63) is 88.1 Å². The number of methoxy groups -OCH3 is 1. The van der Waals surface area contributed by atoms with Gasteiger partial charge in [0.2, 0.25) is 0 Å². The third kappa shape index (κ3) is 6.20. The van der Waals surface area contributed by atoms with Crippen LogP contribution in [0.1, 0.15) is 39.0 Å². The predicted molar refractivity (Wildman–Crippen MR) is 138 cm³/mol. The number of carboxylic acids is 1. The van der Waals surface area contributed by atoms with Gasteiger partial charge in [0.15, 0.2) is 17.3 Å². The van der Waals surface area contributed by atoms with Crippen LogP contribution in [0.25, 0.3) is 11.0 Å². The summed E-state index contributed by atoms with van der Waals surface area (Å²) in [6, 6.07) is 16.6. The fraction of sp³-hybridized carbons (Fsp3) is 0.148. The Labute approximate surface area is 217 Å². The number of halogens is 1. The van der Waals surface area contributed by atoms with Crippen LogP contribution in [0, 0.1) is 0 Å². The van der Waals surface area contributed by atoms with Gasteiger partial charge in [-0.1, -0.05) is 23.7 Å². The quantitative estimate of drug-likeness (QED) is 0.207. The molecule has 0 aliphatic heterocycles. The second-order valence-corrected chi connectivity index (χ2v) is 8.18. The van der Waals surface area contributed by atoms with E-state index in [0.29, 0.717) is 40.6 Å². The summed E-state index contributed by atoms with van der Waals surface area (Å²) >= 11 is 6.41. The largest absolute Gasteiger partial charge is 0.494 e. The molecular weight excluding hydrogens is 500 g/mol. The van der Waals surface area contributed by atoms with Gasteiger partial charge >= 0.3 is 11.9 Å². The highest BCUT2D eigenvalue weighted by molar-refractivity contribution is 6.32. The van der Waals surface area contributed by atoms with Crippen molar-refractivity contribution in [2.24, 2.45) is 5.10 Å². The lowest BCUT2D eigenvalue weighted by molar-refractivity contribution is 0.0696. The van der Waals surface area contributed by atoms with E-state index >= 15 is 0 Å². The third-order valence-electron chi connectivity index (χ3n) is 5.21. The zero-order chi connectivity index (χ0) is 26.4. The minimum atomic E-state index is -1.02. The molecule has 190 valence electrons. The van der Waals surface area contributed by atoms with Gasteiger partial charge in [-0.15, -0.1) is 0 Å². The van der Waals surface area contributed by atoms with Crippen molar-refractivity contribution < 1.29 is 33.3 Å². The Balaban J connectivity index is 1.43. The summed E-state index contributed by atoms with van der Waals surface area (Å²) < 4.78 is 22.3. The first-order chi connectivity index (χ1) is 17.9. The number of furan rings is 1. The summed E-state index contributed by atoms with van der Waals surface area (Å²) in [6.07, 6.45) is 1.41. The fourth-order valence-corrected chi connectivity index (χ4v) is 3.79. The lowest BCUT2D eigenvalue weighted by Gasteiger charge is -2.13. The average molecular weight is 523 g/mol. The van der Waals surface area contributed by atoms with E-state index in [1.54, 1.807) is 48.5 Å². The van der Waals surface area contributed by atoms with Crippen LogP contribution in [0.3, 0.4) is 0 Å². The number of nitrogens with one attached hydrogen (secondary N) is 1. The molecule has 2 N–H and O–H groups in total. The highest BCUT2D eigenvalue weighted by Gasteiger charge is 2.14. The summed E-state index contributed by atoms with van der Waals surface area (Å²) in [5, 5.41) is 14.1. The van der Waals surface area contributed by atoms with E-state index in [0.717, 1.165) is 5.39 Å². The fourth-order valence-electron chi connectivity index (χ4n) is 3.51. The molecule has 4 aromatic rings. The summed E-state index contributed by atoms with van der Waals surface area (Å²) in [6.45, 7) is 2.51. The number of amides is 1. The molecule has 1 aromatic heterocycles. The molecule has 0 aliphatic carbocycles. The first-order valence-electron chi connectivity index (χ1n) is 11.2. The van der Waals surface area contributed by atoms with Crippen LogP contribution < -0.4 is 19.6 Å². The minimum absolute atomic E-state index is 0.0876. The molecule has 37 heavy (non-hydrogen) atoms. The maximum absolute atomic E-state index is 12.5. The first kappa shape index (κ1) is 25.6. The molecule has 1 heterocycles. The molecule has 0 saturated heterocycles. The number of ether oxygens (including phenoxy) is 3. The predicted octanol–water partition coefficient (Wildman–Crippen LogP) is 5.53. The Bertz CT molecular complexity index is 1480. The second kappa shape index (κ2) is 11.5. The van der Waals surface area contributed by atoms with E-state index in [1.807, 2.05) is 6.92 Å². The number of hydrogen-bond donors (Lipinski definition) is 2. The van der Waals surface area contributed by atoms with E-state index in [9.17, 15) is 9.59 Å². The number of hydrogen-bond acceptors (Lipinski definition) is 7. The van der Waals surface area contributed by atoms with Gasteiger partial charge in [0, 0.05) is 5.39 Å². The second-order valence-electron chi connectivity index (χ2n) is 7.77. The lowest BCUT2D eigenvalue weighted by Crippen LogP contribution is -2.16. The van der Waals surface area contributed by atoms with Crippen LogP contribution in [-0.2, 0) is 6.61 Å². The molecule has 0 bridgehead atoms. The van der Waals surface area contributed by atoms with Crippen molar-refractivity contribution in [3.63, 3.8) is 0 Å². The van der Waals surface area contributed by atoms with Crippen molar-refractivity contribution in [3.8, 4) is 17.2 Å². The number of hydrazone groups is 1. The van der Waals surface area contributed by atoms with E-state index in [1.165, 1.54) is 25.5 Å². The van der Waals surface area contributed by atoms with E-state index in [2.05, 4.69) is 10.5 Å². The minimum Gasteiger partial charge on any atom is -0.494 e. The Morgan fingerprint density at radius 2 is 1.95 bits per heavy atom. The topological polar surface area (TPSA) is 120 Å². The molecule has 9 nitrogen and oxygen atoms in total. The summed E-state index contributed by atoms with van der Waals surface area (Å²) in [4.78, 5) is 23.7. The highest BCUT2D eigenvalue weighted by Crippen LogP contribution is 2.36. The van der Waals surface area contributed by atoms with Gasteiger partial charge in [-0.3, -0.25) is 4.79 Å². The van der Waals surface area contributed by atoms with Gasteiger partial charge in [-0.25, -0.2) is 10.2 Å². The SMILES string of the molecule is CCOc1ccc2oc(C(=O)N/N=C/c3cc(Cl)c(OCc4cccc(C(=O)O)c4)c(OC)c3)cc2c1. The Morgan fingerprint density at radius 1 is 1.11 bits per heavy atom. The summed E-state index contributed by atoms with van der Waals surface area (Å²) in [5.74, 6) is -0.118. The number of carbonyl (C=O) groups is 2. The number of aromatic carboxylic acids is 1. The Morgan fingerprint density at radius 3 is 2.70 bits per heavy atom. The summed E-state index contributed by atoms with van der Waals surface area (Å²) in [7, 11) is 1.46. The third-order valence-corrected chi connectivity index (χ3v) is 5.49. The normalized spacial score (nSPS) is 11.0. The number of benzene rings is 3. The molecule has 0 aliphatic rings. The molecule has 0 saturated carbocycles. The van der Waals surface area contributed by atoms with Crippen molar-refractivity contribution in [2.75, 3.05) is 13.7 Å². The molecular formula is C27H23ClN2O7. The van der Waals surface area contributed by atoms with Gasteiger partial charge in [0.25, 0.3) is 0 Å². The van der Waals surface area contributed by atoms with Gasteiger partial charge in [-0.05, 0) is 66.6 Å². The molecule has 0 fully saturated rings. The van der Waals surface area contributed by atoms with Crippen molar-refractivity contribution >= 4 is 40.7 Å². The van der Waals surface area contributed by atoms with Crippen LogP contribution in [0.2, 0.25) is 5.02 Å². The zero-order valence-corrected chi connectivity index (χ0v) is 20.7. The number of carboxylic acid groups (broad SMARTS) is 1. The number of carbonyl (C=O) groups excluding carboxylic acids is 1. The maximum atomic E-state index is 12.5. The maximum Gasteiger partial charge on any atom is 0.335 e. The van der Waals surface area contributed by atoms with E-state index in [4.69, 9.17) is 35.3 Å². The van der Waals surface area contributed by atoms with E-state index < -0.39 is 11.9 Å². The Kier molecular flexibility index (Phi) is 7.95. The standard InChI is InChI=1S/C27H23ClN2O7/c1-3-35-20-7-8-22-19(12-20)13-24(37-22)26(31)30-29-14-17-10-21(28)25(23(11-17)34-2)36-15-16-5-4-6-18(9-16)27(32)33/h4-14H,3,15H2,1-2H3,(H,30,31)(H,32,33)/b29-14+. The van der Waals surface area contributed by atoms with Crippen LogP contribution >= 0.6 is 11.6 Å². The number of nitrogens with zero attached hydrogens (tertiary/aromatic N) is 1. The van der Waals surface area contributed by atoms with Crippen molar-refractivity contribution in [1.82, 2.24) is 5.43 Å². The zero-order valence-electron chi connectivity index (χ0n) is 20.0. The number of fused-ring (bicyclic) bond motifs is 1. The van der Waals surface area contributed by atoms with Gasteiger partial charge < -0.3 is 23.7 Å². The van der Waals surface area contributed by atoms with Gasteiger partial charge in [-0.2, -0.15) is 5.10 Å². The lowest BCUT2D eigenvalue weighted by atomic mass is 10.1. The molecule has 0 unspecified atom stereocenters. The van der Waals surface area contributed by atoms with Crippen LogP contribution in [0.4, 0.5) is 0 Å². The van der Waals surface area contributed by atoms with Crippen LogP contribution in [0.15, 0.2) is 70.2 Å². The number of rotatable bonds is 10. The van der Waals surface area contributed by atoms with Crippen molar-refractivity contribution in [1.29, 1.82) is 0 Å². The van der Waals surface area contributed by atoms with Gasteiger partial charge in [0.05, 0.1) is 30.5 Å². The molecule has 1 amide bonds. The average Bonchev–Trinajstić information content (AvgIpc) is 3.32. The van der Waals surface area contributed by atoms with Gasteiger partial charge in [0.1, 0.15) is 17.9 Å². The van der Waals surface area contributed by atoms with E-state index in [-0.39, 0.29) is 23.0 Å². The van der Waals surface area contributed by atoms with Crippen molar-refractivity contribution in [2.45, 2.75) is 13.5 Å². The first-order valence-corrected chi connectivity index (χ1v) is 11.6. The van der Waals surface area contributed by atoms with Crippen LogP contribution in [-0.4, -0.2) is 36.9 Å². The molecule has 4 rings (SSSR count). The highest BCUT2D eigenvalue weighted by atomic mass is 35.5. The molecule has 0 spiro atoms. The monoisotopic (exact) mass is 522 g/mol. The molecule has 3 aromatic carbocycles.